The smallest absolute Gasteiger partial charge is 0.126 e. The highest BCUT2D eigenvalue weighted by molar-refractivity contribution is 7.80. The Labute approximate surface area is 205 Å². The van der Waals surface area contributed by atoms with Gasteiger partial charge in [0.2, 0.25) is 0 Å². The van der Waals surface area contributed by atoms with Crippen LogP contribution in [0.4, 0.5) is 4.39 Å². The normalized spacial score (nSPS) is 19.0. The van der Waals surface area contributed by atoms with E-state index in [1.807, 2.05) is 11.4 Å². The number of unbranched alkanes of at least 4 members (excludes halogenated alkanes) is 3. The molecule has 1 unspecified atom stereocenters. The first-order valence-corrected chi connectivity index (χ1v) is 14.0. The van der Waals surface area contributed by atoms with Crippen molar-refractivity contribution in [2.24, 2.45) is 11.3 Å². The number of fused-ring (bicyclic) bond motifs is 1. The maximum atomic E-state index is 14.7. The minimum absolute atomic E-state index is 0.151. The number of halogens is 1. The fourth-order valence-electron chi connectivity index (χ4n) is 5.36. The van der Waals surface area contributed by atoms with Crippen molar-refractivity contribution in [3.8, 4) is 11.1 Å². The first-order valence-electron chi connectivity index (χ1n) is 12.5. The quantitative estimate of drug-likeness (QED) is 0.258. The molecule has 32 heavy (non-hydrogen) atoms. The summed E-state index contributed by atoms with van der Waals surface area (Å²) in [5.74, 6) is 1.03. The SMILES string of the molecule is CCCC(CCC)C1(O)c2c(-c3ccsc3)ccc(F)c2CC1(C)C.CCCCCCS. The Morgan fingerprint density at radius 2 is 1.72 bits per heavy atom. The molecule has 1 atom stereocenters. The molecule has 1 nitrogen and oxygen atoms in total. The van der Waals surface area contributed by atoms with Crippen LogP contribution in [0.5, 0.6) is 0 Å². The van der Waals surface area contributed by atoms with Crippen molar-refractivity contribution in [3.63, 3.8) is 0 Å². The van der Waals surface area contributed by atoms with Crippen LogP contribution in [-0.2, 0) is 12.0 Å². The third kappa shape index (κ3) is 5.80. The van der Waals surface area contributed by atoms with E-state index in [0.717, 1.165) is 48.1 Å². The largest absolute Gasteiger partial charge is 0.384 e. The fourth-order valence-corrected chi connectivity index (χ4v) is 6.24. The third-order valence-corrected chi connectivity index (χ3v) is 8.00. The molecule has 1 aromatic carbocycles. The molecule has 0 saturated carbocycles. The maximum absolute atomic E-state index is 14.7. The summed E-state index contributed by atoms with van der Waals surface area (Å²) in [5, 5.41) is 16.3. The lowest BCUT2D eigenvalue weighted by atomic mass is 9.65. The number of thiol groups is 1. The topological polar surface area (TPSA) is 20.2 Å². The Morgan fingerprint density at radius 3 is 2.25 bits per heavy atom. The molecule has 0 bridgehead atoms. The van der Waals surface area contributed by atoms with Crippen LogP contribution in [0.25, 0.3) is 11.1 Å². The lowest BCUT2D eigenvalue weighted by Gasteiger charge is -2.44. The van der Waals surface area contributed by atoms with E-state index in [-0.39, 0.29) is 17.2 Å². The number of hydrogen-bond donors (Lipinski definition) is 2. The summed E-state index contributed by atoms with van der Waals surface area (Å²) in [6, 6.07) is 5.50. The van der Waals surface area contributed by atoms with Gasteiger partial charge in [0.05, 0.1) is 5.60 Å². The van der Waals surface area contributed by atoms with Crippen molar-refractivity contribution < 1.29 is 9.50 Å². The Bertz CT molecular complexity index is 805. The van der Waals surface area contributed by atoms with E-state index in [2.05, 4.69) is 58.7 Å². The molecular weight excluding hydrogens is 435 g/mol. The van der Waals surface area contributed by atoms with E-state index < -0.39 is 5.60 Å². The molecule has 1 aliphatic rings. The van der Waals surface area contributed by atoms with Gasteiger partial charge in [0.25, 0.3) is 0 Å². The van der Waals surface area contributed by atoms with Crippen molar-refractivity contribution in [2.45, 2.75) is 98.0 Å². The van der Waals surface area contributed by atoms with Crippen molar-refractivity contribution in [3.05, 3.63) is 45.9 Å². The molecule has 1 heterocycles. The van der Waals surface area contributed by atoms with Gasteiger partial charge in [-0.05, 0) is 82.5 Å². The van der Waals surface area contributed by atoms with Gasteiger partial charge in [0.1, 0.15) is 5.82 Å². The van der Waals surface area contributed by atoms with Crippen LogP contribution in [0.1, 0.15) is 97.1 Å². The summed E-state index contributed by atoms with van der Waals surface area (Å²) in [4.78, 5) is 0. The molecule has 0 spiro atoms. The highest BCUT2D eigenvalue weighted by Crippen LogP contribution is 2.58. The molecule has 0 saturated heterocycles. The average molecular weight is 479 g/mol. The Morgan fingerprint density at radius 1 is 1.03 bits per heavy atom. The Kier molecular flexibility index (Phi) is 10.8. The third-order valence-electron chi connectivity index (χ3n) is 7.00. The number of thiophene rings is 1. The van der Waals surface area contributed by atoms with E-state index in [1.165, 1.54) is 25.7 Å². The summed E-state index contributed by atoms with van der Waals surface area (Å²) in [6.45, 7) is 10.8. The molecule has 2 aromatic rings. The van der Waals surface area contributed by atoms with Crippen LogP contribution >= 0.6 is 24.0 Å². The minimum Gasteiger partial charge on any atom is -0.384 e. The van der Waals surface area contributed by atoms with E-state index in [0.29, 0.717) is 12.0 Å². The molecule has 0 aliphatic heterocycles. The van der Waals surface area contributed by atoms with Gasteiger partial charge in [-0.2, -0.15) is 24.0 Å². The molecule has 3 rings (SSSR count). The minimum atomic E-state index is -0.992. The van der Waals surface area contributed by atoms with Gasteiger partial charge >= 0.3 is 0 Å². The van der Waals surface area contributed by atoms with Gasteiger partial charge in [-0.15, -0.1) is 0 Å². The maximum Gasteiger partial charge on any atom is 0.126 e. The van der Waals surface area contributed by atoms with Crippen LogP contribution < -0.4 is 0 Å². The second-order valence-corrected chi connectivity index (χ2v) is 11.1. The number of hydrogen-bond acceptors (Lipinski definition) is 3. The number of benzene rings is 1. The second-order valence-electron chi connectivity index (χ2n) is 9.85. The molecular formula is C28H43FOS2. The van der Waals surface area contributed by atoms with Crippen molar-refractivity contribution >= 4 is 24.0 Å². The van der Waals surface area contributed by atoms with Gasteiger partial charge in [-0.1, -0.05) is 72.8 Å². The van der Waals surface area contributed by atoms with Crippen LogP contribution in [0.2, 0.25) is 0 Å². The van der Waals surface area contributed by atoms with Crippen molar-refractivity contribution in [2.75, 3.05) is 5.75 Å². The zero-order valence-electron chi connectivity index (χ0n) is 20.7. The van der Waals surface area contributed by atoms with Crippen LogP contribution in [0, 0.1) is 17.2 Å². The van der Waals surface area contributed by atoms with E-state index in [1.54, 1.807) is 17.4 Å². The molecule has 0 radical (unpaired) electrons. The predicted octanol–water partition coefficient (Wildman–Crippen LogP) is 9.04. The second kappa shape index (κ2) is 12.6. The van der Waals surface area contributed by atoms with Crippen LogP contribution in [0.3, 0.4) is 0 Å². The molecule has 0 amide bonds. The summed E-state index contributed by atoms with van der Waals surface area (Å²) in [5.41, 5.74) is 2.29. The first kappa shape index (κ1) is 27.4. The van der Waals surface area contributed by atoms with Crippen LogP contribution in [-0.4, -0.2) is 10.9 Å². The Balaban J connectivity index is 0.000000451. The summed E-state index contributed by atoms with van der Waals surface area (Å²) in [7, 11) is 0. The molecule has 1 N–H and O–H groups in total. The van der Waals surface area contributed by atoms with E-state index in [4.69, 9.17) is 0 Å². The Hall–Kier alpha value is -0.840. The van der Waals surface area contributed by atoms with Gasteiger partial charge in [-0.25, -0.2) is 4.39 Å². The number of rotatable bonds is 10. The summed E-state index contributed by atoms with van der Waals surface area (Å²) in [6.07, 6.45) is 9.93. The van der Waals surface area contributed by atoms with Crippen molar-refractivity contribution in [1.29, 1.82) is 0 Å². The molecule has 1 aromatic heterocycles. The molecule has 1 aliphatic carbocycles. The lowest BCUT2D eigenvalue weighted by Crippen LogP contribution is -2.45. The fraction of sp³-hybridized carbons (Fsp3) is 0.643. The van der Waals surface area contributed by atoms with Crippen molar-refractivity contribution in [1.82, 2.24) is 0 Å². The number of aliphatic hydroxyl groups is 1. The highest BCUT2D eigenvalue weighted by atomic mass is 32.1. The summed E-state index contributed by atoms with van der Waals surface area (Å²) >= 11 is 5.73. The van der Waals surface area contributed by atoms with Gasteiger partial charge in [-0.3, -0.25) is 0 Å². The molecule has 180 valence electrons. The first-order chi connectivity index (χ1) is 15.3. The average Bonchev–Trinajstić information content (AvgIpc) is 3.36. The van der Waals surface area contributed by atoms with Gasteiger partial charge < -0.3 is 5.11 Å². The lowest BCUT2D eigenvalue weighted by molar-refractivity contribution is -0.112. The molecule has 0 fully saturated rings. The predicted molar refractivity (Wildman–Crippen MR) is 142 cm³/mol. The standard InChI is InChI=1S/C22H29FOS.C6H14S/c1-5-7-16(8-6-2)22(24)20-17(15-11-12-25-14-15)9-10-19(23)18(20)13-21(22,3)4;1-2-3-4-5-6-7/h9-12,14,16,24H,5-8,13H2,1-4H3;7H,2-6H2,1H3. The van der Waals surface area contributed by atoms with E-state index in [9.17, 15) is 9.50 Å². The monoisotopic (exact) mass is 478 g/mol. The summed E-state index contributed by atoms with van der Waals surface area (Å²) < 4.78 is 14.7. The van der Waals surface area contributed by atoms with E-state index >= 15 is 0 Å². The van der Waals surface area contributed by atoms with Crippen LogP contribution in [0.15, 0.2) is 29.0 Å². The van der Waals surface area contributed by atoms with Gasteiger partial charge in [0, 0.05) is 5.41 Å². The zero-order chi connectivity index (χ0) is 23.8. The highest BCUT2D eigenvalue weighted by Gasteiger charge is 2.56. The van der Waals surface area contributed by atoms with Gasteiger partial charge in [0.15, 0.2) is 0 Å². The zero-order valence-corrected chi connectivity index (χ0v) is 22.4. The molecule has 4 heteroatoms.